The number of benzene rings is 1. The molecule has 1 aromatic rings. The van der Waals surface area contributed by atoms with Gasteiger partial charge in [-0.25, -0.2) is 4.39 Å². The van der Waals surface area contributed by atoms with Gasteiger partial charge in [0.25, 0.3) is 0 Å². The number of aliphatic hydroxyl groups excluding tert-OH is 1. The van der Waals surface area contributed by atoms with Crippen molar-refractivity contribution in [3.05, 3.63) is 35.6 Å². The first-order valence-electron chi connectivity index (χ1n) is 6.12. The molecule has 1 heterocycles. The number of likely N-dealkylation sites (tertiary alicyclic amines) is 1. The Morgan fingerprint density at radius 1 is 1.47 bits per heavy atom. The second kappa shape index (κ2) is 4.75. The van der Waals surface area contributed by atoms with E-state index in [1.54, 1.807) is 12.1 Å². The van der Waals surface area contributed by atoms with Crippen molar-refractivity contribution in [2.75, 3.05) is 13.1 Å². The van der Waals surface area contributed by atoms with E-state index in [9.17, 15) is 9.50 Å². The Kier molecular flexibility index (Phi) is 3.50. The van der Waals surface area contributed by atoms with Crippen molar-refractivity contribution >= 4 is 0 Å². The van der Waals surface area contributed by atoms with E-state index in [0.29, 0.717) is 13.1 Å². The molecular formula is C14H20FNO. The van der Waals surface area contributed by atoms with Crippen molar-refractivity contribution < 1.29 is 9.50 Å². The number of hydrogen-bond acceptors (Lipinski definition) is 2. The van der Waals surface area contributed by atoms with Crippen molar-refractivity contribution in [2.24, 2.45) is 5.41 Å². The second-order valence-corrected chi connectivity index (χ2v) is 5.62. The van der Waals surface area contributed by atoms with Crippen LogP contribution in [0.25, 0.3) is 0 Å². The van der Waals surface area contributed by atoms with Crippen LogP contribution in [0.15, 0.2) is 24.3 Å². The average molecular weight is 237 g/mol. The Balaban J connectivity index is 1.97. The van der Waals surface area contributed by atoms with Crippen molar-refractivity contribution in [3.63, 3.8) is 0 Å². The third kappa shape index (κ3) is 3.05. The van der Waals surface area contributed by atoms with Crippen LogP contribution in [0.2, 0.25) is 0 Å². The number of piperidine rings is 1. The molecular weight excluding hydrogens is 217 g/mol. The number of hydrogen-bond donors (Lipinski definition) is 1. The van der Waals surface area contributed by atoms with Gasteiger partial charge >= 0.3 is 0 Å². The summed E-state index contributed by atoms with van der Waals surface area (Å²) in [4.78, 5) is 2.19. The number of nitrogens with zero attached hydrogens (tertiary/aromatic N) is 1. The minimum atomic E-state index is -0.301. The van der Waals surface area contributed by atoms with Crippen LogP contribution < -0.4 is 0 Å². The zero-order chi connectivity index (χ0) is 12.5. The molecule has 0 bridgehead atoms. The lowest BCUT2D eigenvalue weighted by Crippen LogP contribution is -2.47. The highest BCUT2D eigenvalue weighted by atomic mass is 19.1. The molecule has 1 aliphatic rings. The highest BCUT2D eigenvalue weighted by Gasteiger charge is 2.33. The Hall–Kier alpha value is -0.930. The van der Waals surface area contributed by atoms with Gasteiger partial charge in [0.05, 0.1) is 6.10 Å². The average Bonchev–Trinajstić information content (AvgIpc) is 2.24. The van der Waals surface area contributed by atoms with Gasteiger partial charge in [0.2, 0.25) is 0 Å². The maximum absolute atomic E-state index is 13.1. The van der Waals surface area contributed by atoms with Gasteiger partial charge in [0.15, 0.2) is 0 Å². The van der Waals surface area contributed by atoms with Gasteiger partial charge in [-0.2, -0.15) is 0 Å². The van der Waals surface area contributed by atoms with Crippen molar-refractivity contribution in [1.29, 1.82) is 0 Å². The highest BCUT2D eigenvalue weighted by molar-refractivity contribution is 5.16. The van der Waals surface area contributed by atoms with Crippen molar-refractivity contribution in [3.8, 4) is 0 Å². The van der Waals surface area contributed by atoms with E-state index < -0.39 is 0 Å². The number of rotatable bonds is 2. The topological polar surface area (TPSA) is 23.5 Å². The van der Waals surface area contributed by atoms with E-state index in [1.165, 1.54) is 6.07 Å². The molecule has 2 rings (SSSR count). The predicted octanol–water partition coefficient (Wildman–Crippen LogP) is 2.42. The van der Waals surface area contributed by atoms with E-state index in [4.69, 9.17) is 0 Å². The van der Waals surface area contributed by atoms with Gasteiger partial charge in [-0.15, -0.1) is 0 Å². The van der Waals surface area contributed by atoms with Gasteiger partial charge in [-0.3, -0.25) is 4.90 Å². The van der Waals surface area contributed by atoms with Gasteiger partial charge in [-0.1, -0.05) is 26.0 Å². The Morgan fingerprint density at radius 2 is 2.24 bits per heavy atom. The summed E-state index contributed by atoms with van der Waals surface area (Å²) in [7, 11) is 0. The normalized spacial score (nSPS) is 24.8. The monoisotopic (exact) mass is 237 g/mol. The fourth-order valence-electron chi connectivity index (χ4n) is 2.23. The fourth-order valence-corrected chi connectivity index (χ4v) is 2.23. The Morgan fingerprint density at radius 3 is 2.88 bits per heavy atom. The van der Waals surface area contributed by atoms with Crippen LogP contribution in [0.3, 0.4) is 0 Å². The maximum Gasteiger partial charge on any atom is 0.123 e. The Labute approximate surface area is 102 Å². The van der Waals surface area contributed by atoms with Crippen LogP contribution in [0.5, 0.6) is 0 Å². The smallest absolute Gasteiger partial charge is 0.123 e. The maximum atomic E-state index is 13.1. The molecule has 1 aliphatic heterocycles. The van der Waals surface area contributed by atoms with E-state index in [2.05, 4.69) is 18.7 Å². The molecule has 1 unspecified atom stereocenters. The van der Waals surface area contributed by atoms with Crippen LogP contribution in [-0.4, -0.2) is 29.2 Å². The molecule has 1 aromatic carbocycles. The van der Waals surface area contributed by atoms with Crippen LogP contribution in [0, 0.1) is 11.2 Å². The minimum Gasteiger partial charge on any atom is -0.391 e. The summed E-state index contributed by atoms with van der Waals surface area (Å²) in [5.74, 6) is -0.194. The van der Waals surface area contributed by atoms with Crippen LogP contribution in [0.4, 0.5) is 4.39 Å². The predicted molar refractivity (Wildman–Crippen MR) is 66.1 cm³/mol. The number of halogens is 1. The van der Waals surface area contributed by atoms with Gasteiger partial charge < -0.3 is 5.11 Å². The van der Waals surface area contributed by atoms with Crippen molar-refractivity contribution in [2.45, 2.75) is 32.9 Å². The van der Waals surface area contributed by atoms with E-state index in [1.807, 2.05) is 6.07 Å². The summed E-state index contributed by atoms with van der Waals surface area (Å²) in [5, 5.41) is 10.0. The molecule has 2 nitrogen and oxygen atoms in total. The lowest BCUT2D eigenvalue weighted by molar-refractivity contribution is -0.0278. The van der Waals surface area contributed by atoms with Gasteiger partial charge in [0.1, 0.15) is 5.82 Å². The molecule has 3 heteroatoms. The molecule has 17 heavy (non-hydrogen) atoms. The van der Waals surface area contributed by atoms with E-state index in [-0.39, 0.29) is 17.3 Å². The largest absolute Gasteiger partial charge is 0.391 e. The number of β-amino-alcohol motifs (C(OH)–C–C–N with tert-alkyl or cyclic N) is 1. The second-order valence-electron chi connectivity index (χ2n) is 5.62. The van der Waals surface area contributed by atoms with E-state index >= 15 is 0 Å². The Bertz CT molecular complexity index is 392. The SMILES string of the molecule is CC1(C)CCN(Cc2cccc(F)c2)CC1O. The summed E-state index contributed by atoms with van der Waals surface area (Å²) in [5.41, 5.74) is 0.968. The summed E-state index contributed by atoms with van der Waals surface area (Å²) >= 11 is 0. The lowest BCUT2D eigenvalue weighted by atomic mass is 9.80. The fraction of sp³-hybridized carbons (Fsp3) is 0.571. The molecule has 0 radical (unpaired) electrons. The van der Waals surface area contributed by atoms with Gasteiger partial charge in [0, 0.05) is 13.1 Å². The van der Waals surface area contributed by atoms with E-state index in [0.717, 1.165) is 18.5 Å². The third-order valence-electron chi connectivity index (χ3n) is 3.70. The summed E-state index contributed by atoms with van der Waals surface area (Å²) in [6.45, 7) is 6.53. The van der Waals surface area contributed by atoms with Crippen molar-refractivity contribution in [1.82, 2.24) is 4.90 Å². The quantitative estimate of drug-likeness (QED) is 0.854. The first-order chi connectivity index (χ1) is 7.97. The standard InChI is InChI=1S/C14H20FNO/c1-14(2)6-7-16(10-13(14)17)9-11-4-3-5-12(15)8-11/h3-5,8,13,17H,6-7,9-10H2,1-2H3. The molecule has 1 N–H and O–H groups in total. The summed E-state index contributed by atoms with van der Waals surface area (Å²) in [6.07, 6.45) is 0.675. The van der Waals surface area contributed by atoms with Crippen LogP contribution >= 0.6 is 0 Å². The van der Waals surface area contributed by atoms with Gasteiger partial charge in [-0.05, 0) is 36.1 Å². The van der Waals surface area contributed by atoms with Crippen LogP contribution in [0.1, 0.15) is 25.8 Å². The van der Waals surface area contributed by atoms with Crippen LogP contribution in [-0.2, 0) is 6.54 Å². The molecule has 0 spiro atoms. The highest BCUT2D eigenvalue weighted by Crippen LogP contribution is 2.30. The lowest BCUT2D eigenvalue weighted by Gasteiger charge is -2.41. The zero-order valence-electron chi connectivity index (χ0n) is 10.5. The molecule has 0 aliphatic carbocycles. The summed E-state index contributed by atoms with van der Waals surface area (Å²) in [6, 6.07) is 6.67. The minimum absolute atomic E-state index is 0.00155. The molecule has 1 saturated heterocycles. The molecule has 0 amide bonds. The zero-order valence-corrected chi connectivity index (χ0v) is 10.5. The first-order valence-corrected chi connectivity index (χ1v) is 6.12. The third-order valence-corrected chi connectivity index (χ3v) is 3.70. The molecule has 1 atom stereocenters. The molecule has 0 saturated carbocycles. The molecule has 0 aromatic heterocycles. The number of aliphatic hydroxyl groups is 1. The molecule has 1 fully saturated rings. The first kappa shape index (κ1) is 12.5. The summed E-state index contributed by atoms with van der Waals surface area (Å²) < 4.78 is 13.1. The molecule has 94 valence electrons.